The Balaban J connectivity index is 1.91. The molecule has 110 valence electrons. The monoisotopic (exact) mass is 276 g/mol. The molecule has 1 saturated heterocycles. The zero-order valence-electron chi connectivity index (χ0n) is 12.4. The van der Waals surface area contributed by atoms with Gasteiger partial charge in [0.2, 0.25) is 0 Å². The molecule has 0 spiro atoms. The Kier molecular flexibility index (Phi) is 5.12. The normalized spacial score (nSPS) is 21.6. The number of aromatic nitrogens is 1. The molecule has 2 heterocycles. The average Bonchev–Trinajstić information content (AvgIpc) is 2.38. The quantitative estimate of drug-likeness (QED) is 0.898. The molecule has 1 aromatic heterocycles. The number of piperidine rings is 1. The molecule has 1 aliphatic rings. The Hall–Kier alpha value is -1.42. The lowest BCUT2D eigenvalue weighted by atomic mass is 9.84. The number of pyridine rings is 1. The summed E-state index contributed by atoms with van der Waals surface area (Å²) in [5.74, 6) is 0.0704. The van der Waals surface area contributed by atoms with Gasteiger partial charge in [-0.2, -0.15) is 0 Å². The molecule has 2 rings (SSSR count). The van der Waals surface area contributed by atoms with Crippen molar-refractivity contribution in [1.82, 2.24) is 9.88 Å². The second kappa shape index (κ2) is 6.84. The number of hydrogen-bond donors (Lipinski definition) is 1. The number of carbonyl (C=O) groups is 1. The van der Waals surface area contributed by atoms with Crippen molar-refractivity contribution in [2.45, 2.75) is 39.7 Å². The van der Waals surface area contributed by atoms with E-state index in [1.165, 1.54) is 11.1 Å². The van der Waals surface area contributed by atoms with Gasteiger partial charge in [0.05, 0.1) is 0 Å². The fourth-order valence-corrected chi connectivity index (χ4v) is 3.10. The van der Waals surface area contributed by atoms with E-state index in [9.17, 15) is 4.79 Å². The van der Waals surface area contributed by atoms with Crippen LogP contribution < -0.4 is 0 Å². The van der Waals surface area contributed by atoms with Crippen LogP contribution in [0.4, 0.5) is 0 Å². The van der Waals surface area contributed by atoms with Crippen LogP contribution in [0.5, 0.6) is 0 Å². The minimum atomic E-state index is -0.683. The zero-order valence-corrected chi connectivity index (χ0v) is 12.4. The van der Waals surface area contributed by atoms with Crippen LogP contribution in [0.15, 0.2) is 18.5 Å². The summed E-state index contributed by atoms with van der Waals surface area (Å²) in [6.45, 7) is 7.15. The van der Waals surface area contributed by atoms with Crippen LogP contribution in [0.2, 0.25) is 0 Å². The Morgan fingerprint density at radius 2 is 2.35 bits per heavy atom. The first-order valence-electron chi connectivity index (χ1n) is 7.39. The Morgan fingerprint density at radius 1 is 1.55 bits per heavy atom. The Bertz CT molecular complexity index is 462. The fraction of sp³-hybridized carbons (Fsp3) is 0.625. The molecular weight excluding hydrogens is 252 g/mol. The third-order valence-corrected chi connectivity index (χ3v) is 4.18. The number of hydrogen-bond acceptors (Lipinski definition) is 3. The summed E-state index contributed by atoms with van der Waals surface area (Å²) >= 11 is 0. The number of aliphatic carboxylic acids is 1. The molecule has 0 radical (unpaired) electrons. The van der Waals surface area contributed by atoms with Gasteiger partial charge in [-0.3, -0.25) is 14.7 Å². The first kappa shape index (κ1) is 15.0. The van der Waals surface area contributed by atoms with E-state index >= 15 is 0 Å². The summed E-state index contributed by atoms with van der Waals surface area (Å²) in [5, 5.41) is 8.92. The molecule has 0 saturated carbocycles. The van der Waals surface area contributed by atoms with Gasteiger partial charge in [0.1, 0.15) is 0 Å². The molecule has 1 fully saturated rings. The molecule has 1 N–H and O–H groups in total. The number of rotatable bonds is 5. The van der Waals surface area contributed by atoms with Gasteiger partial charge in [-0.05, 0) is 49.3 Å². The van der Waals surface area contributed by atoms with Gasteiger partial charge in [-0.25, -0.2) is 0 Å². The van der Waals surface area contributed by atoms with Gasteiger partial charge in [0.15, 0.2) is 0 Å². The Morgan fingerprint density at radius 3 is 3.05 bits per heavy atom. The minimum absolute atomic E-state index is 0.255. The largest absolute Gasteiger partial charge is 0.481 e. The van der Waals surface area contributed by atoms with Crippen LogP contribution in [0.3, 0.4) is 0 Å². The van der Waals surface area contributed by atoms with Gasteiger partial charge < -0.3 is 5.11 Å². The predicted octanol–water partition coefficient (Wildman–Crippen LogP) is 2.71. The molecule has 1 aliphatic heterocycles. The molecule has 0 bridgehead atoms. The van der Waals surface area contributed by atoms with Crippen molar-refractivity contribution in [1.29, 1.82) is 0 Å². The van der Waals surface area contributed by atoms with Crippen LogP contribution in [-0.2, 0) is 11.3 Å². The van der Waals surface area contributed by atoms with E-state index in [0.29, 0.717) is 5.92 Å². The number of likely N-dealkylation sites (tertiary alicyclic amines) is 1. The van der Waals surface area contributed by atoms with E-state index in [2.05, 4.69) is 29.8 Å². The summed E-state index contributed by atoms with van der Waals surface area (Å²) in [6.07, 6.45) is 6.39. The first-order chi connectivity index (χ1) is 9.54. The first-order valence-corrected chi connectivity index (χ1v) is 7.39. The van der Waals surface area contributed by atoms with E-state index in [1.807, 2.05) is 12.4 Å². The van der Waals surface area contributed by atoms with Crippen molar-refractivity contribution >= 4 is 5.97 Å². The van der Waals surface area contributed by atoms with Crippen molar-refractivity contribution < 1.29 is 9.90 Å². The van der Waals surface area contributed by atoms with Gasteiger partial charge in [-0.1, -0.05) is 13.0 Å². The molecule has 4 nitrogen and oxygen atoms in total. The number of carboxylic acid groups (broad SMARTS) is 1. The lowest BCUT2D eigenvalue weighted by molar-refractivity contribution is -0.138. The van der Waals surface area contributed by atoms with Crippen LogP contribution in [0.1, 0.15) is 37.3 Å². The Labute approximate surface area is 120 Å². The molecule has 4 heteroatoms. The second-order valence-electron chi connectivity index (χ2n) is 6.08. The highest BCUT2D eigenvalue weighted by Gasteiger charge is 2.25. The molecule has 0 aliphatic carbocycles. The average molecular weight is 276 g/mol. The predicted molar refractivity (Wildman–Crippen MR) is 78.4 cm³/mol. The van der Waals surface area contributed by atoms with Crippen LogP contribution >= 0.6 is 0 Å². The fourth-order valence-electron chi connectivity index (χ4n) is 3.10. The summed E-state index contributed by atoms with van der Waals surface area (Å²) < 4.78 is 0. The zero-order chi connectivity index (χ0) is 14.5. The molecule has 0 amide bonds. The smallest absolute Gasteiger partial charge is 0.303 e. The third-order valence-electron chi connectivity index (χ3n) is 4.18. The molecule has 1 aromatic rings. The van der Waals surface area contributed by atoms with Crippen LogP contribution in [-0.4, -0.2) is 34.0 Å². The van der Waals surface area contributed by atoms with E-state index in [1.54, 1.807) is 0 Å². The van der Waals surface area contributed by atoms with Gasteiger partial charge in [-0.15, -0.1) is 0 Å². The molecule has 2 unspecified atom stereocenters. The maximum Gasteiger partial charge on any atom is 0.303 e. The van der Waals surface area contributed by atoms with Gasteiger partial charge in [0, 0.05) is 31.9 Å². The second-order valence-corrected chi connectivity index (χ2v) is 6.08. The van der Waals surface area contributed by atoms with Crippen molar-refractivity contribution in [3.05, 3.63) is 29.6 Å². The van der Waals surface area contributed by atoms with Gasteiger partial charge >= 0.3 is 5.97 Å². The highest BCUT2D eigenvalue weighted by atomic mass is 16.4. The summed E-state index contributed by atoms with van der Waals surface area (Å²) in [6, 6.07) is 2.18. The summed E-state index contributed by atoms with van der Waals surface area (Å²) in [4.78, 5) is 17.5. The van der Waals surface area contributed by atoms with Crippen molar-refractivity contribution in [3.63, 3.8) is 0 Å². The van der Waals surface area contributed by atoms with E-state index < -0.39 is 5.97 Å². The highest BCUT2D eigenvalue weighted by Crippen LogP contribution is 2.26. The summed E-state index contributed by atoms with van der Waals surface area (Å²) in [7, 11) is 0. The van der Waals surface area contributed by atoms with Crippen LogP contribution in [0.25, 0.3) is 0 Å². The van der Waals surface area contributed by atoms with Crippen molar-refractivity contribution in [2.75, 3.05) is 13.1 Å². The van der Waals surface area contributed by atoms with E-state index in [4.69, 9.17) is 5.11 Å². The maximum atomic E-state index is 10.8. The maximum absolute atomic E-state index is 10.8. The molecule has 20 heavy (non-hydrogen) atoms. The molecular formula is C16H24N2O2. The lowest BCUT2D eigenvalue weighted by Gasteiger charge is -2.35. The highest BCUT2D eigenvalue weighted by molar-refractivity contribution is 5.67. The number of carboxylic acids is 1. The molecule has 2 atom stereocenters. The van der Waals surface area contributed by atoms with E-state index in [-0.39, 0.29) is 12.3 Å². The topological polar surface area (TPSA) is 53.4 Å². The van der Waals surface area contributed by atoms with Gasteiger partial charge in [0.25, 0.3) is 0 Å². The SMILES string of the molecule is Cc1cncc(CN2CCCC(C(C)CC(=O)O)C2)c1. The summed E-state index contributed by atoms with van der Waals surface area (Å²) in [5.41, 5.74) is 2.44. The minimum Gasteiger partial charge on any atom is -0.481 e. The molecule has 0 aromatic carbocycles. The van der Waals surface area contributed by atoms with E-state index in [0.717, 1.165) is 32.5 Å². The lowest BCUT2D eigenvalue weighted by Crippen LogP contribution is -2.37. The van der Waals surface area contributed by atoms with Crippen molar-refractivity contribution in [2.24, 2.45) is 11.8 Å². The number of aryl methyl sites for hydroxylation is 1. The number of nitrogens with zero attached hydrogens (tertiary/aromatic N) is 2. The van der Waals surface area contributed by atoms with Crippen LogP contribution in [0, 0.1) is 18.8 Å². The third kappa shape index (κ3) is 4.30. The van der Waals surface area contributed by atoms with Crippen molar-refractivity contribution in [3.8, 4) is 0 Å². The standard InChI is InChI=1S/C16H24N2O2/c1-12-6-14(9-17-8-12)10-18-5-3-4-15(11-18)13(2)7-16(19)20/h6,8-9,13,15H,3-5,7,10-11H2,1-2H3,(H,19,20).